The molecule has 0 aliphatic heterocycles. The number of aryl methyl sites for hydroxylation is 1. The van der Waals surface area contributed by atoms with Gasteiger partial charge in [-0.25, -0.2) is 4.99 Å². The van der Waals surface area contributed by atoms with Crippen molar-refractivity contribution < 1.29 is 5.11 Å². The second kappa shape index (κ2) is 8.20. The van der Waals surface area contributed by atoms with Gasteiger partial charge in [0.25, 0.3) is 0 Å². The van der Waals surface area contributed by atoms with Crippen molar-refractivity contribution in [3.63, 3.8) is 0 Å². The number of nitrogens with one attached hydrogen (secondary N) is 2. The zero-order chi connectivity index (χ0) is 16.8. The summed E-state index contributed by atoms with van der Waals surface area (Å²) in [5.41, 5.74) is 3.67. The Morgan fingerprint density at radius 1 is 1.21 bits per heavy atom. The number of phenols is 1. The molecule has 1 aliphatic carbocycles. The lowest BCUT2D eigenvalue weighted by Gasteiger charge is -2.20. The van der Waals surface area contributed by atoms with Gasteiger partial charge in [-0.1, -0.05) is 12.1 Å². The maximum atomic E-state index is 10.3. The van der Waals surface area contributed by atoms with E-state index in [0.29, 0.717) is 12.3 Å². The van der Waals surface area contributed by atoms with Crippen molar-refractivity contribution in [1.82, 2.24) is 10.6 Å². The second-order valence-electron chi connectivity index (χ2n) is 6.04. The van der Waals surface area contributed by atoms with E-state index in [4.69, 9.17) is 4.99 Å². The van der Waals surface area contributed by atoms with Crippen LogP contribution in [0.1, 0.15) is 41.3 Å². The first kappa shape index (κ1) is 16.8. The molecule has 0 saturated heterocycles. The second-order valence-corrected chi connectivity index (χ2v) is 7.07. The molecule has 3 N–H and O–H groups in total. The number of phenolic OH excluding ortho intramolecular Hbond substituents is 1. The number of hydrogen-bond donors (Lipinski definition) is 3. The minimum atomic E-state index is 0.369. The van der Waals surface area contributed by atoms with Crippen LogP contribution in [0.4, 0.5) is 0 Å². The van der Waals surface area contributed by atoms with Gasteiger partial charge in [-0.05, 0) is 61.2 Å². The third-order valence-corrected chi connectivity index (χ3v) is 5.25. The van der Waals surface area contributed by atoms with Crippen LogP contribution in [0.2, 0.25) is 0 Å². The van der Waals surface area contributed by atoms with Crippen LogP contribution >= 0.6 is 11.3 Å². The number of nitrogens with zero attached hydrogens (tertiary/aromatic N) is 1. The summed E-state index contributed by atoms with van der Waals surface area (Å²) in [5.74, 6) is 1.16. The van der Waals surface area contributed by atoms with Crippen molar-refractivity contribution in [1.29, 1.82) is 0 Å². The molecule has 3 rings (SSSR count). The molecule has 0 atom stereocenters. The molecule has 0 fully saturated rings. The van der Waals surface area contributed by atoms with Crippen molar-refractivity contribution in [3.05, 3.63) is 51.2 Å². The highest BCUT2D eigenvalue weighted by Gasteiger charge is 2.16. The van der Waals surface area contributed by atoms with Crippen LogP contribution in [0.25, 0.3) is 0 Å². The molecule has 1 aromatic heterocycles. The summed E-state index contributed by atoms with van der Waals surface area (Å²) >= 11 is 1.73. The molecule has 1 aliphatic rings. The predicted molar refractivity (Wildman–Crippen MR) is 101 cm³/mol. The lowest BCUT2D eigenvalue weighted by atomic mass is 9.88. The third kappa shape index (κ3) is 4.09. The van der Waals surface area contributed by atoms with Gasteiger partial charge in [-0.2, -0.15) is 0 Å². The Labute approximate surface area is 147 Å². The monoisotopic (exact) mass is 343 g/mol. The van der Waals surface area contributed by atoms with Crippen LogP contribution in [-0.4, -0.2) is 17.6 Å². The molecule has 0 saturated carbocycles. The molecule has 4 nitrogen and oxygen atoms in total. The lowest BCUT2D eigenvalue weighted by Crippen LogP contribution is -2.36. The molecule has 0 radical (unpaired) electrons. The third-order valence-electron chi connectivity index (χ3n) is 4.38. The number of thiophene rings is 1. The zero-order valence-electron chi connectivity index (χ0n) is 14.1. The largest absolute Gasteiger partial charge is 0.508 e. The summed E-state index contributed by atoms with van der Waals surface area (Å²) in [6.07, 6.45) is 4.60. The van der Waals surface area contributed by atoms with Gasteiger partial charge in [0.2, 0.25) is 0 Å². The summed E-state index contributed by atoms with van der Waals surface area (Å²) in [4.78, 5) is 5.97. The van der Waals surface area contributed by atoms with Crippen LogP contribution in [0.5, 0.6) is 5.75 Å². The first-order chi connectivity index (χ1) is 11.8. The quantitative estimate of drug-likeness (QED) is 0.574. The molecule has 1 heterocycles. The topological polar surface area (TPSA) is 56.7 Å². The van der Waals surface area contributed by atoms with E-state index in [1.165, 1.54) is 28.8 Å². The molecule has 0 unspecified atom stereocenters. The minimum Gasteiger partial charge on any atom is -0.508 e. The SMILES string of the molecule is CCNC(=NCc1c(O)ccc2c1CCCC2)NCc1cccs1. The summed E-state index contributed by atoms with van der Waals surface area (Å²) in [6.45, 7) is 4.15. The Morgan fingerprint density at radius 3 is 2.88 bits per heavy atom. The number of guanidine groups is 1. The Hall–Kier alpha value is -2.01. The lowest BCUT2D eigenvalue weighted by molar-refractivity contribution is 0.465. The highest BCUT2D eigenvalue weighted by molar-refractivity contribution is 7.09. The van der Waals surface area contributed by atoms with Crippen LogP contribution in [0.3, 0.4) is 0 Å². The number of hydrogen-bond acceptors (Lipinski definition) is 3. The molecule has 0 bridgehead atoms. The fourth-order valence-corrected chi connectivity index (χ4v) is 3.80. The number of rotatable bonds is 5. The smallest absolute Gasteiger partial charge is 0.191 e. The molecule has 128 valence electrons. The van der Waals surface area contributed by atoms with Gasteiger partial charge in [0, 0.05) is 17.0 Å². The van der Waals surface area contributed by atoms with E-state index in [9.17, 15) is 5.11 Å². The zero-order valence-corrected chi connectivity index (χ0v) is 15.0. The molecule has 1 aromatic carbocycles. The standard InChI is InChI=1S/C19H25N3OS/c1-2-20-19(21-12-15-7-5-11-24-15)22-13-17-16-8-4-3-6-14(16)9-10-18(17)23/h5,7,9-11,23H,2-4,6,8,12-13H2,1H3,(H2,20,21,22). The molecular weight excluding hydrogens is 318 g/mol. The Bertz CT molecular complexity index is 695. The van der Waals surface area contributed by atoms with Crippen molar-refractivity contribution in [2.45, 2.75) is 45.7 Å². The van der Waals surface area contributed by atoms with E-state index in [-0.39, 0.29) is 0 Å². The Balaban J connectivity index is 1.74. The van der Waals surface area contributed by atoms with Gasteiger partial charge in [0.05, 0.1) is 13.1 Å². The van der Waals surface area contributed by atoms with E-state index in [0.717, 1.165) is 37.5 Å². The highest BCUT2D eigenvalue weighted by Crippen LogP contribution is 2.31. The van der Waals surface area contributed by atoms with Crippen LogP contribution in [0, 0.1) is 0 Å². The van der Waals surface area contributed by atoms with Gasteiger partial charge in [0.15, 0.2) is 5.96 Å². The minimum absolute atomic E-state index is 0.369. The highest BCUT2D eigenvalue weighted by atomic mass is 32.1. The average Bonchev–Trinajstić information content (AvgIpc) is 3.12. The fourth-order valence-electron chi connectivity index (χ4n) is 3.15. The fraction of sp³-hybridized carbons (Fsp3) is 0.421. The van der Waals surface area contributed by atoms with Gasteiger partial charge in [0.1, 0.15) is 5.75 Å². The summed E-state index contributed by atoms with van der Waals surface area (Å²) < 4.78 is 0. The van der Waals surface area contributed by atoms with Crippen LogP contribution < -0.4 is 10.6 Å². The van der Waals surface area contributed by atoms with E-state index < -0.39 is 0 Å². The van der Waals surface area contributed by atoms with E-state index in [1.807, 2.05) is 6.07 Å². The maximum Gasteiger partial charge on any atom is 0.191 e. The number of aliphatic imine (C=N–C) groups is 1. The van der Waals surface area contributed by atoms with Crippen molar-refractivity contribution >= 4 is 17.3 Å². The Morgan fingerprint density at radius 2 is 2.08 bits per heavy atom. The van der Waals surface area contributed by atoms with Crippen molar-refractivity contribution in [3.8, 4) is 5.75 Å². The van der Waals surface area contributed by atoms with Crippen LogP contribution in [-0.2, 0) is 25.9 Å². The molecule has 5 heteroatoms. The van der Waals surface area contributed by atoms with Gasteiger partial charge < -0.3 is 15.7 Å². The Kier molecular flexibility index (Phi) is 5.75. The van der Waals surface area contributed by atoms with Gasteiger partial charge >= 0.3 is 0 Å². The van der Waals surface area contributed by atoms with Crippen LogP contribution in [0.15, 0.2) is 34.6 Å². The van der Waals surface area contributed by atoms with Gasteiger partial charge in [-0.3, -0.25) is 0 Å². The van der Waals surface area contributed by atoms with Crippen molar-refractivity contribution in [2.24, 2.45) is 4.99 Å². The summed E-state index contributed by atoms with van der Waals surface area (Å²) in [7, 11) is 0. The molecule has 2 aromatic rings. The molecule has 24 heavy (non-hydrogen) atoms. The molecule has 0 amide bonds. The number of benzene rings is 1. The normalized spacial score (nSPS) is 14.3. The molecular formula is C19H25N3OS. The predicted octanol–water partition coefficient (Wildman–Crippen LogP) is 3.59. The number of aromatic hydroxyl groups is 1. The van der Waals surface area contributed by atoms with E-state index in [2.05, 4.69) is 41.1 Å². The summed E-state index contributed by atoms with van der Waals surface area (Å²) in [6, 6.07) is 8.05. The first-order valence-electron chi connectivity index (χ1n) is 8.65. The summed E-state index contributed by atoms with van der Waals surface area (Å²) in [5, 5.41) is 19.0. The van der Waals surface area contributed by atoms with E-state index >= 15 is 0 Å². The first-order valence-corrected chi connectivity index (χ1v) is 9.53. The number of fused-ring (bicyclic) bond motifs is 1. The van der Waals surface area contributed by atoms with E-state index in [1.54, 1.807) is 11.3 Å². The average molecular weight is 343 g/mol. The van der Waals surface area contributed by atoms with Crippen molar-refractivity contribution in [2.75, 3.05) is 6.54 Å². The van der Waals surface area contributed by atoms with Gasteiger partial charge in [-0.15, -0.1) is 11.3 Å². The maximum absolute atomic E-state index is 10.3. The molecule has 0 spiro atoms.